The number of halogens is 1. The molecule has 0 N–H and O–H groups in total. The van der Waals surface area contributed by atoms with E-state index >= 15 is 0 Å². The van der Waals surface area contributed by atoms with Crippen LogP contribution in [0.25, 0.3) is 6.08 Å². The van der Waals surface area contributed by atoms with Crippen LogP contribution in [0.5, 0.6) is 11.5 Å². The summed E-state index contributed by atoms with van der Waals surface area (Å²) < 4.78 is 19.2. The minimum atomic E-state index is -0.823. The summed E-state index contributed by atoms with van der Waals surface area (Å²) in [5, 5.41) is 0. The van der Waals surface area contributed by atoms with Gasteiger partial charge in [-0.1, -0.05) is 59.3 Å². The van der Waals surface area contributed by atoms with Crippen molar-refractivity contribution in [2.45, 2.75) is 33.7 Å². The van der Waals surface area contributed by atoms with Crippen LogP contribution in [0.3, 0.4) is 0 Å². The molecule has 10 heteroatoms. The Hall–Kier alpha value is -3.50. The summed E-state index contributed by atoms with van der Waals surface area (Å²) in [6.07, 6.45) is 1.80. The number of carbonyl (C=O) groups is 2. The number of thiazole rings is 1. The van der Waals surface area contributed by atoms with E-state index in [-0.39, 0.29) is 29.4 Å². The van der Waals surface area contributed by atoms with Crippen molar-refractivity contribution >= 4 is 45.3 Å². The standard InChI is InChI=1S/C28H27BrN2O6S/c1-15(2)14-36-27(34)24-16(3)30-28-31(26(33)23(38-28)12-18-7-6-8-20(29)11-18)25(24)19-9-10-21(37-17(4)32)22(13-19)35-5/h6-13,15,25H,14H2,1-5H3/b23-12+/t25-/m0/s1. The van der Waals surface area contributed by atoms with Crippen LogP contribution in [0, 0.1) is 5.92 Å². The second-order valence-electron chi connectivity index (χ2n) is 9.13. The number of fused-ring (bicyclic) bond motifs is 1. The Morgan fingerprint density at radius 2 is 1.95 bits per heavy atom. The number of hydrogen-bond donors (Lipinski definition) is 0. The monoisotopic (exact) mass is 598 g/mol. The predicted octanol–water partition coefficient (Wildman–Crippen LogP) is 4.13. The van der Waals surface area contributed by atoms with Crippen molar-refractivity contribution in [2.75, 3.05) is 13.7 Å². The molecule has 0 amide bonds. The van der Waals surface area contributed by atoms with Crippen LogP contribution >= 0.6 is 27.3 Å². The second-order valence-corrected chi connectivity index (χ2v) is 11.1. The average Bonchev–Trinajstić information content (AvgIpc) is 3.15. The van der Waals surface area contributed by atoms with Crippen molar-refractivity contribution < 1.29 is 23.8 Å². The molecular formula is C28H27BrN2O6S. The normalized spacial score (nSPS) is 15.2. The molecule has 0 radical (unpaired) electrons. The molecule has 0 unspecified atom stereocenters. The summed E-state index contributed by atoms with van der Waals surface area (Å²) in [6, 6.07) is 11.7. The maximum Gasteiger partial charge on any atom is 0.338 e. The number of benzene rings is 2. The molecule has 0 saturated heterocycles. The first kappa shape index (κ1) is 27.5. The quantitative estimate of drug-likeness (QED) is 0.300. The molecule has 198 valence electrons. The van der Waals surface area contributed by atoms with Crippen LogP contribution in [-0.4, -0.2) is 30.2 Å². The van der Waals surface area contributed by atoms with Gasteiger partial charge in [-0.15, -0.1) is 0 Å². The predicted molar refractivity (Wildman–Crippen MR) is 148 cm³/mol. The molecule has 0 saturated carbocycles. The van der Waals surface area contributed by atoms with E-state index in [9.17, 15) is 14.4 Å². The van der Waals surface area contributed by atoms with Gasteiger partial charge in [-0.2, -0.15) is 0 Å². The van der Waals surface area contributed by atoms with Gasteiger partial charge in [0.05, 0.1) is 35.6 Å². The lowest BCUT2D eigenvalue weighted by atomic mass is 9.95. The van der Waals surface area contributed by atoms with Gasteiger partial charge >= 0.3 is 11.9 Å². The summed E-state index contributed by atoms with van der Waals surface area (Å²) in [7, 11) is 1.45. The van der Waals surface area contributed by atoms with E-state index in [0.29, 0.717) is 26.3 Å². The Morgan fingerprint density at radius 3 is 2.61 bits per heavy atom. The van der Waals surface area contributed by atoms with E-state index in [1.54, 1.807) is 31.2 Å². The first-order valence-corrected chi connectivity index (χ1v) is 13.5. The largest absolute Gasteiger partial charge is 0.493 e. The highest BCUT2D eigenvalue weighted by Crippen LogP contribution is 2.36. The molecule has 0 aliphatic carbocycles. The SMILES string of the molecule is COc1cc([C@H]2C(C(=O)OCC(C)C)=C(C)N=c3s/c(=C/c4cccc(Br)c4)c(=O)n32)ccc1OC(C)=O. The summed E-state index contributed by atoms with van der Waals surface area (Å²) in [5.74, 6) is -0.388. The minimum Gasteiger partial charge on any atom is -0.493 e. The first-order chi connectivity index (χ1) is 18.1. The summed E-state index contributed by atoms with van der Waals surface area (Å²) in [6.45, 7) is 7.15. The van der Waals surface area contributed by atoms with Gasteiger partial charge in [-0.3, -0.25) is 14.2 Å². The molecule has 2 aromatic carbocycles. The highest BCUT2D eigenvalue weighted by atomic mass is 79.9. The molecule has 3 aromatic rings. The number of rotatable bonds is 7. The lowest BCUT2D eigenvalue weighted by Gasteiger charge is -2.25. The van der Waals surface area contributed by atoms with Crippen LogP contribution in [0.2, 0.25) is 0 Å². The molecule has 8 nitrogen and oxygen atoms in total. The highest BCUT2D eigenvalue weighted by Gasteiger charge is 2.34. The molecule has 1 aliphatic heterocycles. The van der Waals surface area contributed by atoms with Crippen LogP contribution in [0.4, 0.5) is 0 Å². The number of esters is 2. The van der Waals surface area contributed by atoms with Gasteiger partial charge < -0.3 is 14.2 Å². The van der Waals surface area contributed by atoms with Gasteiger partial charge in [0.1, 0.15) is 0 Å². The Kier molecular flexibility index (Phi) is 8.32. The van der Waals surface area contributed by atoms with Crippen molar-refractivity contribution in [3.05, 3.63) is 89.0 Å². The third kappa shape index (κ3) is 5.81. The van der Waals surface area contributed by atoms with Gasteiger partial charge in [0.2, 0.25) is 0 Å². The molecule has 1 aromatic heterocycles. The molecule has 1 aliphatic rings. The maximum absolute atomic E-state index is 13.8. The fourth-order valence-electron chi connectivity index (χ4n) is 4.06. The third-order valence-electron chi connectivity index (χ3n) is 5.69. The maximum atomic E-state index is 13.8. The molecule has 4 rings (SSSR count). The zero-order valence-electron chi connectivity index (χ0n) is 21.6. The van der Waals surface area contributed by atoms with Crippen molar-refractivity contribution in [2.24, 2.45) is 10.9 Å². The smallest absolute Gasteiger partial charge is 0.338 e. The van der Waals surface area contributed by atoms with Gasteiger partial charge in [-0.05, 0) is 54.3 Å². The second kappa shape index (κ2) is 11.5. The zero-order valence-corrected chi connectivity index (χ0v) is 24.0. The van der Waals surface area contributed by atoms with Gasteiger partial charge in [0.15, 0.2) is 16.3 Å². The molecule has 0 spiro atoms. The average molecular weight is 600 g/mol. The Morgan fingerprint density at radius 1 is 1.18 bits per heavy atom. The number of ether oxygens (including phenoxy) is 3. The van der Waals surface area contributed by atoms with E-state index in [4.69, 9.17) is 14.2 Å². The number of nitrogens with zero attached hydrogens (tertiary/aromatic N) is 2. The van der Waals surface area contributed by atoms with E-state index < -0.39 is 18.0 Å². The van der Waals surface area contributed by atoms with Gasteiger partial charge in [0.25, 0.3) is 5.56 Å². The van der Waals surface area contributed by atoms with E-state index in [1.807, 2.05) is 38.1 Å². The lowest BCUT2D eigenvalue weighted by molar-refractivity contribution is -0.140. The summed E-state index contributed by atoms with van der Waals surface area (Å²) in [5.41, 5.74) is 1.86. The fourth-order valence-corrected chi connectivity index (χ4v) is 5.52. The Bertz CT molecular complexity index is 1620. The molecule has 0 bridgehead atoms. The Labute approximate surface area is 232 Å². The topological polar surface area (TPSA) is 96.2 Å². The molecule has 0 fully saturated rings. The molecule has 2 heterocycles. The number of allylic oxidation sites excluding steroid dienone is 1. The van der Waals surface area contributed by atoms with Crippen molar-refractivity contribution in [1.29, 1.82) is 0 Å². The van der Waals surface area contributed by atoms with E-state index in [2.05, 4.69) is 20.9 Å². The number of aromatic nitrogens is 1. The number of methoxy groups -OCH3 is 1. The van der Waals surface area contributed by atoms with Crippen molar-refractivity contribution in [1.82, 2.24) is 4.57 Å². The summed E-state index contributed by atoms with van der Waals surface area (Å²) in [4.78, 5) is 43.8. The van der Waals surface area contributed by atoms with Crippen LogP contribution in [0.15, 0.2) is 68.0 Å². The van der Waals surface area contributed by atoms with E-state index in [1.165, 1.54) is 29.9 Å². The zero-order chi connectivity index (χ0) is 27.6. The fraction of sp³-hybridized carbons (Fsp3) is 0.286. The lowest BCUT2D eigenvalue weighted by Crippen LogP contribution is -2.40. The van der Waals surface area contributed by atoms with Crippen LogP contribution in [0.1, 0.15) is 44.9 Å². The minimum absolute atomic E-state index is 0.132. The summed E-state index contributed by atoms with van der Waals surface area (Å²) >= 11 is 4.71. The van der Waals surface area contributed by atoms with Crippen LogP contribution in [-0.2, 0) is 14.3 Å². The van der Waals surface area contributed by atoms with Gasteiger partial charge in [0, 0.05) is 11.4 Å². The molecular weight excluding hydrogens is 572 g/mol. The van der Waals surface area contributed by atoms with Crippen molar-refractivity contribution in [3.63, 3.8) is 0 Å². The number of hydrogen-bond acceptors (Lipinski definition) is 8. The Balaban J connectivity index is 1.93. The van der Waals surface area contributed by atoms with Gasteiger partial charge in [-0.25, -0.2) is 9.79 Å². The van der Waals surface area contributed by atoms with E-state index in [0.717, 1.165) is 10.0 Å². The highest BCUT2D eigenvalue weighted by molar-refractivity contribution is 9.10. The number of carbonyl (C=O) groups excluding carboxylic acids is 2. The first-order valence-electron chi connectivity index (χ1n) is 11.9. The molecule has 1 atom stereocenters. The third-order valence-corrected chi connectivity index (χ3v) is 7.17. The van der Waals surface area contributed by atoms with Crippen LogP contribution < -0.4 is 24.4 Å². The molecule has 38 heavy (non-hydrogen) atoms. The van der Waals surface area contributed by atoms with Crippen molar-refractivity contribution in [3.8, 4) is 11.5 Å².